The first-order valence-corrected chi connectivity index (χ1v) is 8.12. The molecule has 5 heteroatoms. The zero-order chi connectivity index (χ0) is 16.0. The molecule has 23 heavy (non-hydrogen) atoms. The fourth-order valence-corrected chi connectivity index (χ4v) is 3.86. The van der Waals surface area contributed by atoms with Crippen LogP contribution < -0.4 is 4.90 Å². The fourth-order valence-electron chi connectivity index (χ4n) is 3.86. The lowest BCUT2D eigenvalue weighted by Gasteiger charge is -2.40. The molecule has 0 aliphatic carbocycles. The second kappa shape index (κ2) is 5.11. The van der Waals surface area contributed by atoms with Gasteiger partial charge in [0.15, 0.2) is 0 Å². The molecular weight excluding hydrogens is 290 g/mol. The number of rotatable bonds is 1. The van der Waals surface area contributed by atoms with E-state index in [0.717, 1.165) is 42.5 Å². The van der Waals surface area contributed by atoms with E-state index in [1.54, 1.807) is 4.90 Å². The van der Waals surface area contributed by atoms with Crippen LogP contribution in [0.15, 0.2) is 30.3 Å². The normalized spacial score (nSPS) is 24.5. The van der Waals surface area contributed by atoms with Crippen LogP contribution in [0.3, 0.4) is 0 Å². The number of pyridine rings is 1. The SMILES string of the molecule is Cc1cc(N2CCC[C@]3(CN(C)C(=O)O3)C2)c2ccccc2n1. The molecular formula is C18H21N3O2. The number of carbonyl (C=O) groups excluding carboxylic acids is 1. The number of fused-ring (bicyclic) bond motifs is 1. The molecule has 4 rings (SSSR count). The quantitative estimate of drug-likeness (QED) is 0.812. The third kappa shape index (κ3) is 2.40. The van der Waals surface area contributed by atoms with Crippen LogP contribution in [0.1, 0.15) is 18.5 Å². The van der Waals surface area contributed by atoms with Gasteiger partial charge in [-0.2, -0.15) is 0 Å². The maximum absolute atomic E-state index is 11.8. The number of piperidine rings is 1. The monoisotopic (exact) mass is 311 g/mol. The molecule has 2 fully saturated rings. The van der Waals surface area contributed by atoms with E-state index in [0.29, 0.717) is 6.54 Å². The zero-order valence-electron chi connectivity index (χ0n) is 13.6. The van der Waals surface area contributed by atoms with Gasteiger partial charge < -0.3 is 14.5 Å². The van der Waals surface area contributed by atoms with E-state index in [9.17, 15) is 4.79 Å². The van der Waals surface area contributed by atoms with Gasteiger partial charge >= 0.3 is 6.09 Å². The summed E-state index contributed by atoms with van der Waals surface area (Å²) >= 11 is 0. The second-order valence-corrected chi connectivity index (χ2v) is 6.73. The van der Waals surface area contributed by atoms with Crippen molar-refractivity contribution in [3.05, 3.63) is 36.0 Å². The van der Waals surface area contributed by atoms with E-state index in [4.69, 9.17) is 4.74 Å². The molecule has 0 unspecified atom stereocenters. The zero-order valence-corrected chi connectivity index (χ0v) is 13.6. The van der Waals surface area contributed by atoms with E-state index in [-0.39, 0.29) is 11.7 Å². The molecule has 2 aromatic rings. The van der Waals surface area contributed by atoms with Crippen LogP contribution in [-0.2, 0) is 4.74 Å². The number of hydrogen-bond donors (Lipinski definition) is 0. The third-order valence-corrected chi connectivity index (χ3v) is 4.84. The molecule has 1 spiro atoms. The van der Waals surface area contributed by atoms with E-state index in [1.165, 1.54) is 5.69 Å². The summed E-state index contributed by atoms with van der Waals surface area (Å²) in [6, 6.07) is 10.4. The van der Waals surface area contributed by atoms with Crippen LogP contribution in [0.25, 0.3) is 10.9 Å². The summed E-state index contributed by atoms with van der Waals surface area (Å²) in [5, 5.41) is 1.16. The summed E-state index contributed by atoms with van der Waals surface area (Å²) in [6.45, 7) is 4.43. The molecule has 1 atom stereocenters. The summed E-state index contributed by atoms with van der Waals surface area (Å²) in [7, 11) is 1.81. The van der Waals surface area contributed by atoms with Crippen LogP contribution in [-0.4, -0.2) is 48.3 Å². The van der Waals surface area contributed by atoms with Gasteiger partial charge in [-0.1, -0.05) is 18.2 Å². The van der Waals surface area contributed by atoms with Crippen molar-refractivity contribution >= 4 is 22.7 Å². The lowest BCUT2D eigenvalue weighted by Crippen LogP contribution is -2.50. The molecule has 1 aromatic carbocycles. The Hall–Kier alpha value is -2.30. The van der Waals surface area contributed by atoms with E-state index >= 15 is 0 Å². The number of hydrogen-bond acceptors (Lipinski definition) is 4. The molecule has 0 radical (unpaired) electrons. The molecule has 1 amide bonds. The van der Waals surface area contributed by atoms with Crippen LogP contribution >= 0.6 is 0 Å². The Morgan fingerprint density at radius 2 is 2.09 bits per heavy atom. The Balaban J connectivity index is 1.72. The molecule has 3 heterocycles. The molecule has 0 bridgehead atoms. The topological polar surface area (TPSA) is 45.7 Å². The van der Waals surface area contributed by atoms with Crippen LogP contribution in [0.4, 0.5) is 10.5 Å². The van der Waals surface area contributed by atoms with Gasteiger partial charge in [-0.25, -0.2) is 4.79 Å². The van der Waals surface area contributed by atoms with Gasteiger partial charge in [-0.15, -0.1) is 0 Å². The van der Waals surface area contributed by atoms with Gasteiger partial charge in [0.05, 0.1) is 18.6 Å². The summed E-state index contributed by atoms with van der Waals surface area (Å²) < 4.78 is 5.73. The number of aryl methyl sites for hydroxylation is 1. The molecule has 2 saturated heterocycles. The van der Waals surface area contributed by atoms with Crippen molar-refractivity contribution in [3.8, 4) is 0 Å². The van der Waals surface area contributed by atoms with Crippen molar-refractivity contribution in [1.29, 1.82) is 0 Å². The summed E-state index contributed by atoms with van der Waals surface area (Å²) in [4.78, 5) is 20.5. The fraction of sp³-hybridized carbons (Fsp3) is 0.444. The molecule has 2 aliphatic heterocycles. The Labute approximate surface area is 135 Å². The maximum Gasteiger partial charge on any atom is 0.410 e. The number of nitrogens with zero attached hydrogens (tertiary/aromatic N) is 3. The Morgan fingerprint density at radius 1 is 1.26 bits per heavy atom. The number of amides is 1. The van der Waals surface area contributed by atoms with Crippen molar-refractivity contribution in [1.82, 2.24) is 9.88 Å². The maximum atomic E-state index is 11.8. The van der Waals surface area contributed by atoms with E-state index < -0.39 is 0 Å². The number of anilines is 1. The average molecular weight is 311 g/mol. The highest BCUT2D eigenvalue weighted by Gasteiger charge is 2.46. The van der Waals surface area contributed by atoms with Gasteiger partial charge in [0.2, 0.25) is 0 Å². The van der Waals surface area contributed by atoms with Crippen molar-refractivity contribution in [2.75, 3.05) is 31.6 Å². The lowest BCUT2D eigenvalue weighted by atomic mass is 9.92. The molecule has 120 valence electrons. The van der Waals surface area contributed by atoms with Gasteiger partial charge in [0.25, 0.3) is 0 Å². The van der Waals surface area contributed by atoms with Gasteiger partial charge in [0, 0.05) is 30.4 Å². The van der Waals surface area contributed by atoms with Crippen molar-refractivity contribution in [2.45, 2.75) is 25.4 Å². The largest absolute Gasteiger partial charge is 0.439 e. The van der Waals surface area contributed by atoms with Crippen molar-refractivity contribution < 1.29 is 9.53 Å². The minimum absolute atomic E-state index is 0.206. The van der Waals surface area contributed by atoms with Crippen LogP contribution in [0.5, 0.6) is 0 Å². The number of para-hydroxylation sites is 1. The highest BCUT2D eigenvalue weighted by molar-refractivity contribution is 5.92. The summed E-state index contributed by atoms with van der Waals surface area (Å²) in [5.41, 5.74) is 2.85. The first-order chi connectivity index (χ1) is 11.1. The molecule has 1 aromatic heterocycles. The van der Waals surface area contributed by atoms with Crippen LogP contribution in [0.2, 0.25) is 0 Å². The standard InChI is InChI=1S/C18H21N3O2/c1-13-10-16(14-6-3-4-7-15(14)19-13)21-9-5-8-18(12-21)11-20(2)17(22)23-18/h3-4,6-7,10H,5,8-9,11-12H2,1-2H3/t18-/m0/s1. The predicted molar refractivity (Wildman–Crippen MR) is 89.8 cm³/mol. The number of ether oxygens (including phenoxy) is 1. The number of carbonyl (C=O) groups is 1. The van der Waals surface area contributed by atoms with Crippen molar-refractivity contribution in [3.63, 3.8) is 0 Å². The Kier molecular flexibility index (Phi) is 3.18. The number of likely N-dealkylation sites (N-methyl/N-ethyl adjacent to an activating group) is 1. The van der Waals surface area contributed by atoms with Crippen molar-refractivity contribution in [2.24, 2.45) is 0 Å². The second-order valence-electron chi connectivity index (χ2n) is 6.73. The van der Waals surface area contributed by atoms with Crippen LogP contribution in [0, 0.1) is 6.92 Å². The third-order valence-electron chi connectivity index (χ3n) is 4.84. The number of aromatic nitrogens is 1. The Morgan fingerprint density at radius 3 is 2.87 bits per heavy atom. The van der Waals surface area contributed by atoms with E-state index in [1.807, 2.05) is 26.1 Å². The molecule has 0 N–H and O–H groups in total. The first-order valence-electron chi connectivity index (χ1n) is 8.12. The molecule has 5 nitrogen and oxygen atoms in total. The lowest BCUT2D eigenvalue weighted by molar-refractivity contribution is 0.0448. The van der Waals surface area contributed by atoms with Gasteiger partial charge in [-0.3, -0.25) is 4.98 Å². The first kappa shape index (κ1) is 14.3. The van der Waals surface area contributed by atoms with Gasteiger partial charge in [-0.05, 0) is 31.9 Å². The smallest absolute Gasteiger partial charge is 0.410 e. The summed E-state index contributed by atoms with van der Waals surface area (Å²) in [5.74, 6) is 0. The highest BCUT2D eigenvalue weighted by atomic mass is 16.6. The minimum Gasteiger partial charge on any atom is -0.439 e. The predicted octanol–water partition coefficient (Wildman–Crippen LogP) is 2.96. The average Bonchev–Trinajstić information content (AvgIpc) is 2.80. The highest BCUT2D eigenvalue weighted by Crippen LogP contribution is 2.36. The van der Waals surface area contributed by atoms with Gasteiger partial charge in [0.1, 0.15) is 5.60 Å². The minimum atomic E-state index is -0.373. The number of benzene rings is 1. The Bertz CT molecular complexity index is 776. The molecule has 0 saturated carbocycles. The van der Waals surface area contributed by atoms with E-state index in [2.05, 4.69) is 28.1 Å². The summed E-state index contributed by atoms with van der Waals surface area (Å²) in [6.07, 6.45) is 1.75. The molecule has 2 aliphatic rings.